The van der Waals surface area contributed by atoms with E-state index in [0.717, 1.165) is 35.6 Å². The van der Waals surface area contributed by atoms with Gasteiger partial charge in [-0.05, 0) is 43.5 Å². The zero-order valence-corrected chi connectivity index (χ0v) is 15.8. The molecule has 1 saturated carbocycles. The Bertz CT molecular complexity index is 916. The number of hydrogen-bond donors (Lipinski definition) is 3. The number of halogens is 3. The van der Waals surface area contributed by atoms with Crippen molar-refractivity contribution in [3.8, 4) is 0 Å². The summed E-state index contributed by atoms with van der Waals surface area (Å²) in [6.45, 7) is 0. The van der Waals surface area contributed by atoms with Gasteiger partial charge in [-0.25, -0.2) is 0 Å². The van der Waals surface area contributed by atoms with Crippen LogP contribution in [0.25, 0.3) is 0 Å². The van der Waals surface area contributed by atoms with Crippen LogP contribution < -0.4 is 16.4 Å². The fraction of sp³-hybridized carbons (Fsp3) is 0.350. The van der Waals surface area contributed by atoms with Gasteiger partial charge >= 0.3 is 6.18 Å². The molecule has 4 rings (SSSR count). The Morgan fingerprint density at radius 1 is 1.18 bits per heavy atom. The summed E-state index contributed by atoms with van der Waals surface area (Å²) in [6.07, 6.45) is -1.53. The van der Waals surface area contributed by atoms with Gasteiger partial charge < -0.3 is 16.4 Å². The van der Waals surface area contributed by atoms with E-state index >= 15 is 0 Å². The fourth-order valence-corrected chi connectivity index (χ4v) is 4.76. The highest BCUT2D eigenvalue weighted by Gasteiger charge is 2.34. The van der Waals surface area contributed by atoms with Crippen molar-refractivity contribution in [3.05, 3.63) is 42.0 Å². The van der Waals surface area contributed by atoms with E-state index in [0.29, 0.717) is 23.4 Å². The fourth-order valence-electron chi connectivity index (χ4n) is 3.70. The molecule has 1 aliphatic heterocycles. The Hall–Kier alpha value is -2.19. The number of anilines is 3. The van der Waals surface area contributed by atoms with Gasteiger partial charge in [0.15, 0.2) is 0 Å². The second-order valence-electron chi connectivity index (χ2n) is 7.23. The Morgan fingerprint density at radius 3 is 2.71 bits per heavy atom. The standard InChI is InChI=1S/C20H20F3N3OS/c21-20(22,23)12-9-15(26-19(27)11-4-3-5-13(24)8-11)18-17(10-12)28-16-7-2-1-6-14(16)25-18/h1-2,6-7,9-11,13,25H,3-5,8,24H2,(H,26,27)/t11-,13+/m1/s1. The smallest absolute Gasteiger partial charge is 0.352 e. The van der Waals surface area contributed by atoms with Gasteiger partial charge in [-0.15, -0.1) is 0 Å². The molecule has 2 aromatic carbocycles. The minimum absolute atomic E-state index is 0.0412. The molecule has 28 heavy (non-hydrogen) atoms. The number of nitrogens with two attached hydrogens (primary N) is 1. The SMILES string of the molecule is N[C@H]1CCC[C@@H](C(=O)Nc2cc(C(F)(F)F)cc3c2Nc2ccccc2S3)C1. The zero-order chi connectivity index (χ0) is 19.9. The van der Waals surface area contributed by atoms with Crippen molar-refractivity contribution in [1.29, 1.82) is 0 Å². The molecule has 1 heterocycles. The van der Waals surface area contributed by atoms with Gasteiger partial charge in [0, 0.05) is 21.8 Å². The van der Waals surface area contributed by atoms with E-state index in [1.54, 1.807) is 0 Å². The second kappa shape index (κ2) is 7.33. The van der Waals surface area contributed by atoms with Crippen LogP contribution in [0.2, 0.25) is 0 Å². The molecule has 4 nitrogen and oxygen atoms in total. The van der Waals surface area contributed by atoms with Gasteiger partial charge in [0.25, 0.3) is 0 Å². The average molecular weight is 407 g/mol. The second-order valence-corrected chi connectivity index (χ2v) is 8.31. The van der Waals surface area contributed by atoms with Crippen LogP contribution >= 0.6 is 11.8 Å². The number of rotatable bonds is 2. The first-order chi connectivity index (χ1) is 13.3. The third-order valence-corrected chi connectivity index (χ3v) is 6.26. The van der Waals surface area contributed by atoms with Crippen molar-refractivity contribution in [2.24, 2.45) is 11.7 Å². The number of nitrogens with one attached hydrogen (secondary N) is 2. The third-order valence-electron chi connectivity index (χ3n) is 5.14. The molecule has 0 aromatic heterocycles. The van der Waals surface area contributed by atoms with Crippen LogP contribution in [0.4, 0.5) is 30.2 Å². The molecule has 1 aliphatic carbocycles. The topological polar surface area (TPSA) is 67.2 Å². The van der Waals surface area contributed by atoms with Crippen molar-refractivity contribution in [2.45, 2.75) is 47.7 Å². The van der Waals surface area contributed by atoms with Gasteiger partial charge in [0.1, 0.15) is 0 Å². The maximum absolute atomic E-state index is 13.4. The Morgan fingerprint density at radius 2 is 1.96 bits per heavy atom. The molecule has 0 unspecified atom stereocenters. The number of amides is 1. The molecule has 2 aliphatic rings. The van der Waals surface area contributed by atoms with Crippen molar-refractivity contribution in [3.63, 3.8) is 0 Å². The van der Waals surface area contributed by atoms with E-state index in [9.17, 15) is 18.0 Å². The maximum atomic E-state index is 13.4. The number of carbonyl (C=O) groups is 1. The number of hydrogen-bond acceptors (Lipinski definition) is 4. The summed E-state index contributed by atoms with van der Waals surface area (Å²) in [5.41, 5.74) is 6.62. The van der Waals surface area contributed by atoms with Crippen LogP contribution in [0.3, 0.4) is 0 Å². The number of fused-ring (bicyclic) bond motifs is 2. The van der Waals surface area contributed by atoms with E-state index in [4.69, 9.17) is 5.73 Å². The number of carbonyl (C=O) groups excluding carboxylic acids is 1. The van der Waals surface area contributed by atoms with E-state index in [2.05, 4.69) is 10.6 Å². The molecule has 1 amide bonds. The lowest BCUT2D eigenvalue weighted by atomic mass is 9.85. The minimum Gasteiger partial charge on any atom is -0.352 e. The normalized spacial score (nSPS) is 21.3. The molecule has 2 atom stereocenters. The summed E-state index contributed by atoms with van der Waals surface area (Å²) >= 11 is 1.26. The molecule has 0 bridgehead atoms. The average Bonchev–Trinajstić information content (AvgIpc) is 2.65. The minimum atomic E-state index is -4.50. The van der Waals surface area contributed by atoms with Crippen LogP contribution in [0.5, 0.6) is 0 Å². The Balaban J connectivity index is 1.69. The van der Waals surface area contributed by atoms with Crippen LogP contribution in [0.1, 0.15) is 31.2 Å². The molecule has 1 fully saturated rings. The maximum Gasteiger partial charge on any atom is 0.416 e. The summed E-state index contributed by atoms with van der Waals surface area (Å²) in [5.74, 6) is -0.556. The highest BCUT2D eigenvalue weighted by molar-refractivity contribution is 7.99. The van der Waals surface area contributed by atoms with Gasteiger partial charge in [-0.1, -0.05) is 30.3 Å². The highest BCUT2D eigenvalue weighted by atomic mass is 32.2. The molecule has 0 radical (unpaired) electrons. The first-order valence-corrected chi connectivity index (χ1v) is 9.98. The van der Waals surface area contributed by atoms with Gasteiger partial charge in [0.05, 0.1) is 22.6 Å². The predicted molar refractivity (Wildman–Crippen MR) is 104 cm³/mol. The largest absolute Gasteiger partial charge is 0.416 e. The van der Waals surface area contributed by atoms with E-state index in [-0.39, 0.29) is 23.6 Å². The van der Waals surface area contributed by atoms with Crippen LogP contribution in [-0.2, 0) is 11.0 Å². The van der Waals surface area contributed by atoms with Gasteiger partial charge in [0.2, 0.25) is 5.91 Å². The first-order valence-electron chi connectivity index (χ1n) is 9.17. The van der Waals surface area contributed by atoms with Gasteiger partial charge in [-0.3, -0.25) is 4.79 Å². The summed E-state index contributed by atoms with van der Waals surface area (Å²) in [4.78, 5) is 14.0. The number of para-hydroxylation sites is 1. The zero-order valence-electron chi connectivity index (χ0n) is 15.0. The Labute approximate surface area is 165 Å². The third kappa shape index (κ3) is 3.84. The van der Waals surface area contributed by atoms with E-state index in [1.165, 1.54) is 11.8 Å². The summed E-state index contributed by atoms with van der Waals surface area (Å²) in [5, 5.41) is 5.91. The molecular weight excluding hydrogens is 387 g/mol. The summed E-state index contributed by atoms with van der Waals surface area (Å²) in [6, 6.07) is 9.47. The van der Waals surface area contributed by atoms with Gasteiger partial charge in [-0.2, -0.15) is 13.2 Å². The predicted octanol–water partition coefficient (Wildman–Crippen LogP) is 5.37. The number of alkyl halides is 3. The lowest BCUT2D eigenvalue weighted by Crippen LogP contribution is -2.34. The van der Waals surface area contributed by atoms with Crippen molar-refractivity contribution in [2.75, 3.05) is 10.6 Å². The Kier molecular flexibility index (Phi) is 5.01. The van der Waals surface area contributed by atoms with Crippen molar-refractivity contribution in [1.82, 2.24) is 0 Å². The first kappa shape index (κ1) is 19.1. The molecule has 8 heteroatoms. The van der Waals surface area contributed by atoms with Crippen molar-refractivity contribution < 1.29 is 18.0 Å². The van der Waals surface area contributed by atoms with E-state index in [1.807, 2.05) is 24.3 Å². The highest BCUT2D eigenvalue weighted by Crippen LogP contribution is 2.49. The molecule has 0 saturated heterocycles. The number of benzene rings is 2. The molecular formula is C20H20F3N3OS. The van der Waals surface area contributed by atoms with Crippen LogP contribution in [0.15, 0.2) is 46.2 Å². The monoisotopic (exact) mass is 407 g/mol. The molecule has 4 N–H and O–H groups in total. The molecule has 2 aromatic rings. The lowest BCUT2D eigenvalue weighted by Gasteiger charge is -2.28. The lowest BCUT2D eigenvalue weighted by molar-refractivity contribution is -0.137. The van der Waals surface area contributed by atoms with Crippen LogP contribution in [-0.4, -0.2) is 11.9 Å². The van der Waals surface area contributed by atoms with Crippen LogP contribution in [0, 0.1) is 5.92 Å². The molecule has 0 spiro atoms. The summed E-state index contributed by atoms with van der Waals surface area (Å²) in [7, 11) is 0. The quantitative estimate of drug-likeness (QED) is 0.534. The molecule has 148 valence electrons. The summed E-state index contributed by atoms with van der Waals surface area (Å²) < 4.78 is 40.3. The van der Waals surface area contributed by atoms with Crippen molar-refractivity contribution >= 4 is 34.7 Å². The van der Waals surface area contributed by atoms with E-state index < -0.39 is 11.7 Å².